The van der Waals surface area contributed by atoms with Crippen molar-refractivity contribution in [1.29, 1.82) is 0 Å². The lowest BCUT2D eigenvalue weighted by molar-refractivity contribution is -0.384. The first-order chi connectivity index (χ1) is 9.15. The lowest BCUT2D eigenvalue weighted by Crippen LogP contribution is -1.86. The highest BCUT2D eigenvalue weighted by atomic mass is 35.5. The molecule has 0 fully saturated rings. The third-order valence-corrected chi connectivity index (χ3v) is 3.01. The monoisotopic (exact) mass is 274 g/mol. The summed E-state index contributed by atoms with van der Waals surface area (Å²) in [6.07, 6.45) is 0. The quantitative estimate of drug-likeness (QED) is 0.522. The van der Waals surface area contributed by atoms with Crippen molar-refractivity contribution in [3.05, 3.63) is 57.6 Å². The number of non-ortho nitro benzene ring substituents is 1. The summed E-state index contributed by atoms with van der Waals surface area (Å²) in [6, 6.07) is 11.3. The molecule has 2 aromatic carbocycles. The summed E-state index contributed by atoms with van der Waals surface area (Å²) in [5.74, 6) is 0.549. The average molecular weight is 275 g/mol. The molecular weight excluding hydrogens is 268 g/mol. The van der Waals surface area contributed by atoms with Gasteiger partial charge in [0.15, 0.2) is 5.76 Å². The third kappa shape index (κ3) is 2.04. The smallest absolute Gasteiger partial charge is 0.269 e. The predicted molar refractivity (Wildman–Crippen MR) is 71.1 cm³/mol. The molecule has 94 valence electrons. The molecule has 3 aromatic rings. The van der Waals surface area contributed by atoms with E-state index in [1.54, 1.807) is 30.3 Å². The summed E-state index contributed by atoms with van der Waals surface area (Å²) in [4.78, 5) is 10.2. The number of fused-ring (bicyclic) bond motifs is 1. The average Bonchev–Trinajstić information content (AvgIpc) is 2.81. The van der Waals surface area contributed by atoms with Gasteiger partial charge in [-0.15, -0.1) is 0 Å². The van der Waals surface area contributed by atoms with Crippen LogP contribution in [0.4, 0.5) is 5.69 Å². The minimum Gasteiger partial charge on any atom is -0.355 e. The lowest BCUT2D eigenvalue weighted by Gasteiger charge is -1.97. The van der Waals surface area contributed by atoms with Crippen molar-refractivity contribution in [2.45, 2.75) is 0 Å². The van der Waals surface area contributed by atoms with E-state index in [1.165, 1.54) is 12.1 Å². The summed E-state index contributed by atoms with van der Waals surface area (Å²) < 4.78 is 5.28. The van der Waals surface area contributed by atoms with Crippen LogP contribution in [0.1, 0.15) is 0 Å². The van der Waals surface area contributed by atoms with E-state index in [0.29, 0.717) is 16.3 Å². The molecule has 0 aliphatic rings. The Morgan fingerprint density at radius 1 is 1.16 bits per heavy atom. The van der Waals surface area contributed by atoms with E-state index in [4.69, 9.17) is 16.1 Å². The largest absolute Gasteiger partial charge is 0.355 e. The predicted octanol–water partition coefficient (Wildman–Crippen LogP) is 4.06. The van der Waals surface area contributed by atoms with Crippen molar-refractivity contribution in [3.8, 4) is 11.3 Å². The number of hydrogen-bond donors (Lipinski definition) is 0. The van der Waals surface area contributed by atoms with Crippen LogP contribution in [-0.4, -0.2) is 10.1 Å². The Bertz CT molecular complexity index is 765. The van der Waals surface area contributed by atoms with Gasteiger partial charge in [0.25, 0.3) is 5.69 Å². The number of aromatic nitrogens is 1. The maximum atomic E-state index is 10.6. The number of benzene rings is 2. The van der Waals surface area contributed by atoms with Gasteiger partial charge in [0.05, 0.1) is 10.3 Å². The van der Waals surface area contributed by atoms with E-state index in [-0.39, 0.29) is 5.69 Å². The SMILES string of the molecule is O=[N+]([O-])c1ccc(-c2onc3ccc(Cl)cc23)cc1. The molecule has 0 radical (unpaired) electrons. The van der Waals surface area contributed by atoms with Gasteiger partial charge >= 0.3 is 0 Å². The molecule has 0 aliphatic carbocycles. The number of nitro benzene ring substituents is 1. The van der Waals surface area contributed by atoms with Crippen molar-refractivity contribution in [1.82, 2.24) is 5.16 Å². The van der Waals surface area contributed by atoms with Crippen LogP contribution in [0.2, 0.25) is 5.02 Å². The summed E-state index contributed by atoms with van der Waals surface area (Å²) in [7, 11) is 0. The van der Waals surface area contributed by atoms with Crippen molar-refractivity contribution in [3.63, 3.8) is 0 Å². The first-order valence-electron chi connectivity index (χ1n) is 5.45. The summed E-state index contributed by atoms with van der Waals surface area (Å²) in [5, 5.41) is 15.9. The van der Waals surface area contributed by atoms with Crippen LogP contribution >= 0.6 is 11.6 Å². The molecule has 0 aliphatic heterocycles. The molecule has 0 saturated carbocycles. The van der Waals surface area contributed by atoms with E-state index < -0.39 is 4.92 Å². The van der Waals surface area contributed by atoms with E-state index >= 15 is 0 Å². The van der Waals surface area contributed by atoms with Gasteiger partial charge in [-0.05, 0) is 30.3 Å². The maximum Gasteiger partial charge on any atom is 0.269 e. The lowest BCUT2D eigenvalue weighted by atomic mass is 10.1. The number of hydrogen-bond acceptors (Lipinski definition) is 4. The molecule has 0 spiro atoms. The van der Waals surface area contributed by atoms with Crippen LogP contribution in [-0.2, 0) is 0 Å². The third-order valence-electron chi connectivity index (χ3n) is 2.78. The maximum absolute atomic E-state index is 10.6. The molecule has 1 heterocycles. The van der Waals surface area contributed by atoms with E-state index in [1.807, 2.05) is 0 Å². The molecule has 0 saturated heterocycles. The van der Waals surface area contributed by atoms with Crippen LogP contribution in [0.5, 0.6) is 0 Å². The Morgan fingerprint density at radius 3 is 2.58 bits per heavy atom. The minimum atomic E-state index is -0.445. The molecular formula is C13H7ClN2O3. The minimum absolute atomic E-state index is 0.0330. The van der Waals surface area contributed by atoms with Crippen molar-refractivity contribution in [2.75, 3.05) is 0 Å². The van der Waals surface area contributed by atoms with Gasteiger partial charge in [-0.3, -0.25) is 10.1 Å². The normalized spacial score (nSPS) is 10.8. The van der Waals surface area contributed by atoms with Crippen molar-refractivity contribution >= 4 is 28.2 Å². The fourth-order valence-corrected chi connectivity index (χ4v) is 2.03. The van der Waals surface area contributed by atoms with Gasteiger partial charge in [0.1, 0.15) is 5.52 Å². The number of rotatable bonds is 2. The van der Waals surface area contributed by atoms with Gasteiger partial charge in [-0.25, -0.2) is 0 Å². The molecule has 3 rings (SSSR count). The van der Waals surface area contributed by atoms with Gasteiger partial charge in [0.2, 0.25) is 0 Å². The second-order valence-corrected chi connectivity index (χ2v) is 4.41. The summed E-state index contributed by atoms with van der Waals surface area (Å²) in [6.45, 7) is 0. The number of nitro groups is 1. The topological polar surface area (TPSA) is 69.2 Å². The summed E-state index contributed by atoms with van der Waals surface area (Å²) in [5.41, 5.74) is 1.44. The highest BCUT2D eigenvalue weighted by Crippen LogP contribution is 2.31. The Hall–Kier alpha value is -2.40. The summed E-state index contributed by atoms with van der Waals surface area (Å²) >= 11 is 5.94. The van der Waals surface area contributed by atoms with Gasteiger partial charge in [-0.1, -0.05) is 16.8 Å². The molecule has 1 aromatic heterocycles. The molecule has 6 heteroatoms. The molecule has 0 atom stereocenters. The highest BCUT2D eigenvalue weighted by molar-refractivity contribution is 6.31. The van der Waals surface area contributed by atoms with Crippen LogP contribution in [0.3, 0.4) is 0 Å². The molecule has 0 bridgehead atoms. The molecule has 0 amide bonds. The highest BCUT2D eigenvalue weighted by Gasteiger charge is 2.12. The molecule has 19 heavy (non-hydrogen) atoms. The van der Waals surface area contributed by atoms with Gasteiger partial charge in [0, 0.05) is 22.7 Å². The van der Waals surface area contributed by atoms with E-state index in [2.05, 4.69) is 5.16 Å². The zero-order valence-electron chi connectivity index (χ0n) is 9.54. The molecule has 0 unspecified atom stereocenters. The second-order valence-electron chi connectivity index (χ2n) is 3.98. The Kier molecular flexibility index (Phi) is 2.68. The zero-order chi connectivity index (χ0) is 13.4. The molecule has 0 N–H and O–H groups in total. The van der Waals surface area contributed by atoms with Crippen LogP contribution < -0.4 is 0 Å². The van der Waals surface area contributed by atoms with Crippen molar-refractivity contribution < 1.29 is 9.45 Å². The standard InChI is InChI=1S/C13H7ClN2O3/c14-9-3-6-12-11(7-9)13(19-15-12)8-1-4-10(5-2-8)16(17)18/h1-7H. The Morgan fingerprint density at radius 2 is 1.89 bits per heavy atom. The Balaban J connectivity index is 2.13. The van der Waals surface area contributed by atoms with Crippen LogP contribution in [0.15, 0.2) is 47.0 Å². The Labute approximate surface area is 112 Å². The second kappa shape index (κ2) is 4.37. The number of nitrogens with zero attached hydrogens (tertiary/aromatic N) is 2. The van der Waals surface area contributed by atoms with Crippen LogP contribution in [0, 0.1) is 10.1 Å². The van der Waals surface area contributed by atoms with Crippen LogP contribution in [0.25, 0.3) is 22.2 Å². The molecule has 5 nitrogen and oxygen atoms in total. The van der Waals surface area contributed by atoms with E-state index in [9.17, 15) is 10.1 Å². The van der Waals surface area contributed by atoms with Gasteiger partial charge in [-0.2, -0.15) is 0 Å². The fraction of sp³-hybridized carbons (Fsp3) is 0. The fourth-order valence-electron chi connectivity index (χ4n) is 1.86. The zero-order valence-corrected chi connectivity index (χ0v) is 10.3. The number of halogens is 1. The van der Waals surface area contributed by atoms with E-state index in [0.717, 1.165) is 10.9 Å². The van der Waals surface area contributed by atoms with Gasteiger partial charge < -0.3 is 4.52 Å². The first kappa shape index (κ1) is 11.7. The van der Waals surface area contributed by atoms with Crippen molar-refractivity contribution in [2.24, 2.45) is 0 Å². The first-order valence-corrected chi connectivity index (χ1v) is 5.83.